The largest absolute Gasteiger partial charge is 0.368 e. The van der Waals surface area contributed by atoms with Crippen LogP contribution in [0.4, 0.5) is 5.69 Å². The first-order valence-corrected chi connectivity index (χ1v) is 12.2. The molecule has 30 heavy (non-hydrogen) atoms. The third-order valence-corrected chi connectivity index (χ3v) is 8.74. The molecule has 2 fully saturated rings. The number of carbonyl (C=O) groups excluding carboxylic acids is 2. The molecule has 1 N–H and O–H groups in total. The van der Waals surface area contributed by atoms with Gasteiger partial charge in [-0.15, -0.1) is 11.3 Å². The number of sulfonamides is 1. The van der Waals surface area contributed by atoms with Crippen LogP contribution in [0, 0.1) is 0 Å². The van der Waals surface area contributed by atoms with Gasteiger partial charge in [0.25, 0.3) is 10.0 Å². The molecule has 0 radical (unpaired) electrons. The molecule has 0 spiro atoms. The molecule has 4 rings (SSSR count). The zero-order valence-corrected chi connectivity index (χ0v) is 18.1. The zero-order valence-electron chi connectivity index (χ0n) is 16.4. The van der Waals surface area contributed by atoms with Gasteiger partial charge in [0.15, 0.2) is 0 Å². The molecule has 0 unspecified atom stereocenters. The Bertz CT molecular complexity index is 987. The van der Waals surface area contributed by atoms with Gasteiger partial charge in [0.1, 0.15) is 10.3 Å². The molecule has 0 aliphatic carbocycles. The Morgan fingerprint density at radius 1 is 1.03 bits per heavy atom. The van der Waals surface area contributed by atoms with Gasteiger partial charge >= 0.3 is 0 Å². The second-order valence-electron chi connectivity index (χ2n) is 7.26. The SMILES string of the molecule is O=C1NCCN(S(=O)(=O)c2cccs2)[C@@H]1CC(=O)N1CCN(c2ccccc2)CC1. The number of anilines is 1. The first kappa shape index (κ1) is 20.8. The molecule has 1 atom stereocenters. The predicted octanol–water partition coefficient (Wildman–Crippen LogP) is 0.976. The maximum absolute atomic E-state index is 13.0. The molecule has 2 amide bonds. The zero-order chi connectivity index (χ0) is 21.1. The molecule has 2 saturated heterocycles. The molecule has 160 valence electrons. The lowest BCUT2D eigenvalue weighted by molar-refractivity contribution is -0.137. The third kappa shape index (κ3) is 4.21. The molecule has 0 saturated carbocycles. The highest BCUT2D eigenvalue weighted by molar-refractivity contribution is 7.91. The van der Waals surface area contributed by atoms with E-state index >= 15 is 0 Å². The van der Waals surface area contributed by atoms with Gasteiger partial charge in [-0.2, -0.15) is 4.31 Å². The number of para-hydroxylation sites is 1. The summed E-state index contributed by atoms with van der Waals surface area (Å²) in [6, 6.07) is 12.2. The molecule has 1 aromatic carbocycles. The Kier molecular flexibility index (Phi) is 6.07. The third-order valence-electron chi connectivity index (χ3n) is 5.46. The van der Waals surface area contributed by atoms with E-state index in [2.05, 4.69) is 10.2 Å². The van der Waals surface area contributed by atoms with Crippen molar-refractivity contribution in [2.75, 3.05) is 44.2 Å². The van der Waals surface area contributed by atoms with E-state index in [4.69, 9.17) is 0 Å². The van der Waals surface area contributed by atoms with Crippen LogP contribution in [-0.2, 0) is 19.6 Å². The van der Waals surface area contributed by atoms with Crippen LogP contribution in [0.5, 0.6) is 0 Å². The van der Waals surface area contributed by atoms with Gasteiger partial charge in [0.2, 0.25) is 11.8 Å². The summed E-state index contributed by atoms with van der Waals surface area (Å²) in [5.41, 5.74) is 1.12. The Morgan fingerprint density at radius 3 is 2.43 bits per heavy atom. The summed E-state index contributed by atoms with van der Waals surface area (Å²) in [6.07, 6.45) is -0.151. The van der Waals surface area contributed by atoms with E-state index < -0.39 is 22.0 Å². The molecular formula is C20H24N4O4S2. The highest BCUT2D eigenvalue weighted by Gasteiger charge is 2.41. The number of nitrogens with zero attached hydrogens (tertiary/aromatic N) is 3. The fourth-order valence-electron chi connectivity index (χ4n) is 3.85. The molecule has 2 aliphatic rings. The van der Waals surface area contributed by atoms with Crippen LogP contribution in [0.25, 0.3) is 0 Å². The van der Waals surface area contributed by atoms with E-state index in [1.54, 1.807) is 16.3 Å². The quantitative estimate of drug-likeness (QED) is 0.736. The topological polar surface area (TPSA) is 90.0 Å². The number of rotatable bonds is 5. The van der Waals surface area contributed by atoms with Crippen LogP contribution >= 0.6 is 11.3 Å². The average Bonchev–Trinajstić information content (AvgIpc) is 3.32. The summed E-state index contributed by atoms with van der Waals surface area (Å²) in [7, 11) is -3.81. The van der Waals surface area contributed by atoms with Crippen LogP contribution in [0.3, 0.4) is 0 Å². The molecule has 8 nitrogen and oxygen atoms in total. The first-order chi connectivity index (χ1) is 14.5. The van der Waals surface area contributed by atoms with E-state index in [-0.39, 0.29) is 29.6 Å². The van der Waals surface area contributed by atoms with Gasteiger partial charge in [-0.25, -0.2) is 8.42 Å². The number of thiophene rings is 1. The summed E-state index contributed by atoms with van der Waals surface area (Å²) in [6.45, 7) is 2.88. The Labute approximate surface area is 180 Å². The van der Waals surface area contributed by atoms with Gasteiger partial charge < -0.3 is 15.1 Å². The number of benzene rings is 1. The van der Waals surface area contributed by atoms with Gasteiger partial charge in [-0.1, -0.05) is 24.3 Å². The molecule has 2 aliphatic heterocycles. The fraction of sp³-hybridized carbons (Fsp3) is 0.400. The van der Waals surface area contributed by atoms with E-state index in [1.807, 2.05) is 30.3 Å². The molecule has 10 heteroatoms. The standard InChI is InChI=1S/C20H24N4O4S2/c25-18(23-12-10-22(11-13-23)16-5-2-1-3-6-16)15-17-20(26)21-8-9-24(17)30(27,28)19-7-4-14-29-19/h1-7,14,17H,8-13,15H2,(H,21,26)/t17-/m1/s1. The van der Waals surface area contributed by atoms with Crippen LogP contribution in [0.1, 0.15) is 6.42 Å². The fourth-order valence-corrected chi connectivity index (χ4v) is 6.56. The lowest BCUT2D eigenvalue weighted by Crippen LogP contribution is -2.59. The van der Waals surface area contributed by atoms with Gasteiger partial charge in [0, 0.05) is 45.0 Å². The highest BCUT2D eigenvalue weighted by atomic mass is 32.2. The minimum Gasteiger partial charge on any atom is -0.368 e. The smallest absolute Gasteiger partial charge is 0.253 e. The summed E-state index contributed by atoms with van der Waals surface area (Å²) in [5, 5.41) is 4.38. The maximum atomic E-state index is 13.0. The number of nitrogens with one attached hydrogen (secondary N) is 1. The van der Waals surface area contributed by atoms with E-state index in [9.17, 15) is 18.0 Å². The Balaban J connectivity index is 1.43. The van der Waals surface area contributed by atoms with Gasteiger partial charge in [-0.3, -0.25) is 9.59 Å². The summed E-state index contributed by atoms with van der Waals surface area (Å²) < 4.78 is 27.3. The first-order valence-electron chi connectivity index (χ1n) is 9.87. The van der Waals surface area contributed by atoms with Crippen molar-refractivity contribution in [3.63, 3.8) is 0 Å². The van der Waals surface area contributed by atoms with Crippen molar-refractivity contribution in [2.24, 2.45) is 0 Å². The van der Waals surface area contributed by atoms with Gasteiger partial charge in [0.05, 0.1) is 6.42 Å². The van der Waals surface area contributed by atoms with Crippen LogP contribution in [0.2, 0.25) is 0 Å². The summed E-state index contributed by atoms with van der Waals surface area (Å²) in [4.78, 5) is 29.3. The Hall–Kier alpha value is -2.43. The molecule has 3 heterocycles. The minimum absolute atomic E-state index is 0.151. The normalized spacial score (nSPS) is 20.8. The van der Waals surface area contributed by atoms with Crippen molar-refractivity contribution in [3.05, 3.63) is 47.8 Å². The monoisotopic (exact) mass is 448 g/mol. The van der Waals surface area contributed by atoms with Crippen molar-refractivity contribution < 1.29 is 18.0 Å². The molecule has 0 bridgehead atoms. The highest BCUT2D eigenvalue weighted by Crippen LogP contribution is 2.25. The van der Waals surface area contributed by atoms with Crippen molar-refractivity contribution >= 4 is 38.9 Å². The number of piperazine rings is 2. The van der Waals surface area contributed by atoms with Crippen molar-refractivity contribution in [3.8, 4) is 0 Å². The number of amides is 2. The number of carbonyl (C=O) groups is 2. The lowest BCUT2D eigenvalue weighted by atomic mass is 10.1. The number of hydrogen-bond donors (Lipinski definition) is 1. The van der Waals surface area contributed by atoms with Crippen LogP contribution in [-0.4, -0.2) is 74.7 Å². The predicted molar refractivity (Wildman–Crippen MR) is 115 cm³/mol. The van der Waals surface area contributed by atoms with E-state index in [0.717, 1.165) is 17.0 Å². The van der Waals surface area contributed by atoms with Crippen LogP contribution in [0.15, 0.2) is 52.1 Å². The average molecular weight is 449 g/mol. The lowest BCUT2D eigenvalue weighted by Gasteiger charge is -2.38. The molecule has 2 aromatic rings. The Morgan fingerprint density at radius 2 is 1.77 bits per heavy atom. The van der Waals surface area contributed by atoms with Crippen molar-refractivity contribution in [1.82, 2.24) is 14.5 Å². The van der Waals surface area contributed by atoms with Crippen molar-refractivity contribution in [2.45, 2.75) is 16.7 Å². The van der Waals surface area contributed by atoms with Crippen LogP contribution < -0.4 is 10.2 Å². The van der Waals surface area contributed by atoms with Gasteiger partial charge in [-0.05, 0) is 23.6 Å². The second kappa shape index (κ2) is 8.75. The summed E-state index contributed by atoms with van der Waals surface area (Å²) in [5.74, 6) is -0.617. The van der Waals surface area contributed by atoms with E-state index in [0.29, 0.717) is 26.2 Å². The maximum Gasteiger partial charge on any atom is 0.253 e. The second-order valence-corrected chi connectivity index (χ2v) is 10.3. The molecular weight excluding hydrogens is 424 g/mol. The van der Waals surface area contributed by atoms with Crippen molar-refractivity contribution in [1.29, 1.82) is 0 Å². The minimum atomic E-state index is -3.81. The van der Waals surface area contributed by atoms with E-state index in [1.165, 1.54) is 10.4 Å². The molecule has 1 aromatic heterocycles. The summed E-state index contributed by atoms with van der Waals surface area (Å²) >= 11 is 1.11. The number of hydrogen-bond acceptors (Lipinski definition) is 6.